The Bertz CT molecular complexity index is 1030. The van der Waals surface area contributed by atoms with E-state index in [1.165, 1.54) is 11.3 Å². The average Bonchev–Trinajstić information content (AvgIpc) is 3.25. The minimum atomic E-state index is -0.155. The van der Waals surface area contributed by atoms with Gasteiger partial charge in [0.05, 0.1) is 22.7 Å². The first-order chi connectivity index (χ1) is 14.5. The van der Waals surface area contributed by atoms with Crippen LogP contribution in [0.3, 0.4) is 0 Å². The molecule has 7 nitrogen and oxygen atoms in total. The SMILES string of the molecule is CC1CC1C(=O)N1CCCC(c2nc3c(c(=O)[nH]2)CN(C(=O)c2cccs2)CC3)C1. The molecule has 3 aliphatic rings. The maximum Gasteiger partial charge on any atom is 0.264 e. The zero-order valence-electron chi connectivity index (χ0n) is 17.1. The van der Waals surface area contributed by atoms with Gasteiger partial charge in [-0.3, -0.25) is 14.4 Å². The molecule has 1 N–H and O–H groups in total. The van der Waals surface area contributed by atoms with Gasteiger partial charge in [-0.2, -0.15) is 0 Å². The predicted molar refractivity (Wildman–Crippen MR) is 113 cm³/mol. The zero-order valence-corrected chi connectivity index (χ0v) is 17.9. The third kappa shape index (κ3) is 3.57. The smallest absolute Gasteiger partial charge is 0.264 e. The molecule has 2 fully saturated rings. The Morgan fingerprint density at radius 2 is 2.10 bits per heavy atom. The molecule has 2 aromatic rings. The molecule has 2 amide bonds. The lowest BCUT2D eigenvalue weighted by Gasteiger charge is -2.33. The minimum absolute atomic E-state index is 0.0325. The number of aromatic amines is 1. The number of carbonyl (C=O) groups is 2. The highest BCUT2D eigenvalue weighted by atomic mass is 32.1. The zero-order chi connectivity index (χ0) is 20.8. The summed E-state index contributed by atoms with van der Waals surface area (Å²) in [5.41, 5.74) is 1.23. The highest BCUT2D eigenvalue weighted by Crippen LogP contribution is 2.40. The van der Waals surface area contributed by atoms with E-state index in [1.807, 2.05) is 22.4 Å². The van der Waals surface area contributed by atoms with Crippen LogP contribution in [0, 0.1) is 11.8 Å². The summed E-state index contributed by atoms with van der Waals surface area (Å²) in [7, 11) is 0. The molecule has 2 aromatic heterocycles. The van der Waals surface area contributed by atoms with Gasteiger partial charge in [-0.25, -0.2) is 4.98 Å². The summed E-state index contributed by atoms with van der Waals surface area (Å²) in [6.07, 6.45) is 3.43. The molecule has 5 rings (SSSR count). The maximum atomic E-state index is 12.8. The van der Waals surface area contributed by atoms with E-state index >= 15 is 0 Å². The Morgan fingerprint density at radius 1 is 1.27 bits per heavy atom. The molecule has 3 unspecified atom stereocenters. The lowest BCUT2D eigenvalue weighted by atomic mass is 9.96. The number of hydrogen-bond donors (Lipinski definition) is 1. The van der Waals surface area contributed by atoms with Crippen molar-refractivity contribution in [2.75, 3.05) is 19.6 Å². The minimum Gasteiger partial charge on any atom is -0.342 e. The van der Waals surface area contributed by atoms with Crippen LogP contribution < -0.4 is 5.56 Å². The van der Waals surface area contributed by atoms with Crippen molar-refractivity contribution in [3.05, 3.63) is 49.8 Å². The highest BCUT2D eigenvalue weighted by Gasteiger charge is 2.42. The molecule has 158 valence electrons. The van der Waals surface area contributed by atoms with E-state index < -0.39 is 0 Å². The quantitative estimate of drug-likeness (QED) is 0.817. The van der Waals surface area contributed by atoms with E-state index in [0.717, 1.165) is 31.5 Å². The fourth-order valence-electron chi connectivity index (χ4n) is 4.67. The Labute approximate surface area is 179 Å². The summed E-state index contributed by atoms with van der Waals surface area (Å²) in [5.74, 6) is 1.68. The number of thiophene rings is 1. The highest BCUT2D eigenvalue weighted by molar-refractivity contribution is 7.12. The molecule has 2 aliphatic heterocycles. The molecule has 0 radical (unpaired) electrons. The van der Waals surface area contributed by atoms with E-state index in [2.05, 4.69) is 11.9 Å². The molecular formula is C22H26N4O3S. The van der Waals surface area contributed by atoms with E-state index in [1.54, 1.807) is 4.90 Å². The van der Waals surface area contributed by atoms with Gasteiger partial charge in [-0.1, -0.05) is 13.0 Å². The summed E-state index contributed by atoms with van der Waals surface area (Å²) in [4.78, 5) is 50.3. The molecule has 3 atom stereocenters. The molecule has 0 aromatic carbocycles. The Balaban J connectivity index is 1.33. The van der Waals surface area contributed by atoms with E-state index in [4.69, 9.17) is 4.98 Å². The van der Waals surface area contributed by atoms with Gasteiger partial charge < -0.3 is 14.8 Å². The van der Waals surface area contributed by atoms with Crippen molar-refractivity contribution >= 4 is 23.2 Å². The second-order valence-corrected chi connectivity index (χ2v) is 9.72. The van der Waals surface area contributed by atoms with Gasteiger partial charge in [-0.15, -0.1) is 11.3 Å². The van der Waals surface area contributed by atoms with Gasteiger partial charge >= 0.3 is 0 Å². The fourth-order valence-corrected chi connectivity index (χ4v) is 5.36. The topological polar surface area (TPSA) is 86.4 Å². The van der Waals surface area contributed by atoms with Crippen LogP contribution in [0.25, 0.3) is 0 Å². The number of nitrogens with one attached hydrogen (secondary N) is 1. The van der Waals surface area contributed by atoms with Crippen molar-refractivity contribution in [2.24, 2.45) is 11.8 Å². The van der Waals surface area contributed by atoms with Crippen LogP contribution in [0.15, 0.2) is 22.3 Å². The van der Waals surface area contributed by atoms with E-state index in [0.29, 0.717) is 48.2 Å². The van der Waals surface area contributed by atoms with Gasteiger partial charge in [0.25, 0.3) is 11.5 Å². The molecule has 0 bridgehead atoms. The van der Waals surface area contributed by atoms with Crippen LogP contribution in [0.2, 0.25) is 0 Å². The van der Waals surface area contributed by atoms with E-state index in [-0.39, 0.29) is 29.2 Å². The number of likely N-dealkylation sites (tertiary alicyclic amines) is 1. The Hall–Kier alpha value is -2.48. The van der Waals surface area contributed by atoms with Crippen molar-refractivity contribution in [1.29, 1.82) is 0 Å². The van der Waals surface area contributed by atoms with Crippen LogP contribution in [-0.2, 0) is 17.8 Å². The Morgan fingerprint density at radius 3 is 2.83 bits per heavy atom. The first-order valence-electron chi connectivity index (χ1n) is 10.7. The third-order valence-electron chi connectivity index (χ3n) is 6.65. The standard InChI is InChI=1S/C22H26N4O3S/c1-13-10-15(13)21(28)25-7-2-4-14(11-25)19-23-17-6-8-26(12-16(17)20(27)24-19)22(29)18-5-3-9-30-18/h3,5,9,13-15H,2,4,6-8,10-12H2,1H3,(H,23,24,27). The average molecular weight is 427 g/mol. The molecule has 0 spiro atoms. The summed E-state index contributed by atoms with van der Waals surface area (Å²) < 4.78 is 0. The first kappa shape index (κ1) is 19.5. The van der Waals surface area contributed by atoms with Crippen molar-refractivity contribution in [2.45, 2.75) is 45.1 Å². The number of carbonyl (C=O) groups excluding carboxylic acids is 2. The van der Waals surface area contributed by atoms with Crippen LogP contribution in [0.4, 0.5) is 0 Å². The molecule has 8 heteroatoms. The van der Waals surface area contributed by atoms with Crippen LogP contribution >= 0.6 is 11.3 Å². The van der Waals surface area contributed by atoms with Gasteiger partial charge in [0.15, 0.2) is 0 Å². The van der Waals surface area contributed by atoms with Gasteiger partial charge in [0, 0.05) is 37.9 Å². The van der Waals surface area contributed by atoms with Crippen LogP contribution in [0.1, 0.15) is 58.9 Å². The molecule has 1 saturated carbocycles. The summed E-state index contributed by atoms with van der Waals surface area (Å²) in [5, 5.41) is 1.88. The van der Waals surface area contributed by atoms with Crippen molar-refractivity contribution in [3.63, 3.8) is 0 Å². The van der Waals surface area contributed by atoms with Crippen molar-refractivity contribution in [3.8, 4) is 0 Å². The number of rotatable bonds is 3. The fraction of sp³-hybridized carbons (Fsp3) is 0.545. The second-order valence-electron chi connectivity index (χ2n) is 8.77. The largest absolute Gasteiger partial charge is 0.342 e. The summed E-state index contributed by atoms with van der Waals surface area (Å²) in [6, 6.07) is 3.67. The van der Waals surface area contributed by atoms with Gasteiger partial charge in [-0.05, 0) is 36.6 Å². The molecular weight excluding hydrogens is 400 g/mol. The van der Waals surface area contributed by atoms with Crippen molar-refractivity contribution < 1.29 is 9.59 Å². The number of nitrogens with zero attached hydrogens (tertiary/aromatic N) is 3. The van der Waals surface area contributed by atoms with Crippen LogP contribution in [0.5, 0.6) is 0 Å². The predicted octanol–water partition coefficient (Wildman–Crippen LogP) is 2.39. The lowest BCUT2D eigenvalue weighted by molar-refractivity contribution is -0.134. The number of amides is 2. The van der Waals surface area contributed by atoms with Crippen molar-refractivity contribution in [1.82, 2.24) is 19.8 Å². The lowest BCUT2D eigenvalue weighted by Crippen LogP contribution is -2.42. The summed E-state index contributed by atoms with van der Waals surface area (Å²) >= 11 is 1.42. The van der Waals surface area contributed by atoms with Gasteiger partial charge in [0.1, 0.15) is 5.82 Å². The number of fused-ring (bicyclic) bond motifs is 1. The third-order valence-corrected chi connectivity index (χ3v) is 7.51. The molecule has 1 saturated heterocycles. The van der Waals surface area contributed by atoms with Gasteiger partial charge in [0.2, 0.25) is 5.91 Å². The maximum absolute atomic E-state index is 12.8. The number of hydrogen-bond acceptors (Lipinski definition) is 5. The number of piperidine rings is 1. The number of aromatic nitrogens is 2. The summed E-state index contributed by atoms with van der Waals surface area (Å²) in [6.45, 7) is 4.41. The Kier molecular flexibility index (Phi) is 4.97. The normalized spacial score (nSPS) is 25.7. The molecule has 4 heterocycles. The van der Waals surface area contributed by atoms with Crippen LogP contribution in [-0.4, -0.2) is 51.2 Å². The molecule has 1 aliphatic carbocycles. The van der Waals surface area contributed by atoms with E-state index in [9.17, 15) is 14.4 Å². The first-order valence-corrected chi connectivity index (χ1v) is 11.6. The molecule has 30 heavy (non-hydrogen) atoms. The second kappa shape index (κ2) is 7.65. The monoisotopic (exact) mass is 426 g/mol. The number of H-pyrrole nitrogens is 1.